The van der Waals surface area contributed by atoms with Gasteiger partial charge in [0, 0.05) is 30.4 Å². The van der Waals surface area contributed by atoms with E-state index < -0.39 is 0 Å². The van der Waals surface area contributed by atoms with Crippen LogP contribution in [0.2, 0.25) is 0 Å². The van der Waals surface area contributed by atoms with Crippen molar-refractivity contribution < 1.29 is 14.2 Å². The van der Waals surface area contributed by atoms with Gasteiger partial charge in [0.25, 0.3) is 0 Å². The molecule has 0 saturated carbocycles. The summed E-state index contributed by atoms with van der Waals surface area (Å²) < 4.78 is 17.3. The van der Waals surface area contributed by atoms with Crippen LogP contribution in [-0.4, -0.2) is 37.3 Å². The summed E-state index contributed by atoms with van der Waals surface area (Å²) in [5.41, 5.74) is 17.3. The van der Waals surface area contributed by atoms with Crippen molar-refractivity contribution >= 4 is 17.5 Å². The molecule has 4 rings (SSSR count). The van der Waals surface area contributed by atoms with Crippen molar-refractivity contribution in [3.8, 4) is 17.2 Å². The quantitative estimate of drug-likeness (QED) is 0.308. The van der Waals surface area contributed by atoms with E-state index in [1.807, 2.05) is 12.1 Å². The number of rotatable bonds is 10. The molecule has 178 valence electrons. The number of methoxy groups -OCH3 is 2. The normalized spacial score (nSPS) is 12.2. The second-order valence-corrected chi connectivity index (χ2v) is 8.10. The fourth-order valence-corrected chi connectivity index (χ4v) is 4.08. The predicted molar refractivity (Wildman–Crippen MR) is 135 cm³/mol. The largest absolute Gasteiger partial charge is 0.493 e. The molecule has 0 fully saturated rings. The van der Waals surface area contributed by atoms with Crippen LogP contribution in [0.25, 0.3) is 0 Å². The third-order valence-corrected chi connectivity index (χ3v) is 5.81. The third kappa shape index (κ3) is 5.33. The van der Waals surface area contributed by atoms with Gasteiger partial charge < -0.3 is 31.0 Å². The molecule has 1 aliphatic carbocycles. The van der Waals surface area contributed by atoms with Gasteiger partial charge in [-0.3, -0.25) is 0 Å². The van der Waals surface area contributed by atoms with Crippen molar-refractivity contribution in [2.24, 2.45) is 0 Å². The van der Waals surface area contributed by atoms with Gasteiger partial charge in [0.15, 0.2) is 11.5 Å². The number of anilines is 3. The molecule has 8 heteroatoms. The van der Waals surface area contributed by atoms with Gasteiger partial charge >= 0.3 is 0 Å². The first-order chi connectivity index (χ1) is 16.6. The first kappa shape index (κ1) is 23.2. The maximum Gasteiger partial charge on any atom is 0.221 e. The van der Waals surface area contributed by atoms with Gasteiger partial charge in [-0.05, 0) is 54.2 Å². The third-order valence-electron chi connectivity index (χ3n) is 5.81. The maximum atomic E-state index is 6.08. The van der Waals surface area contributed by atoms with Crippen molar-refractivity contribution in [3.05, 3.63) is 70.9 Å². The zero-order chi connectivity index (χ0) is 23.9. The topological polar surface area (TPSA) is 118 Å². The van der Waals surface area contributed by atoms with Crippen molar-refractivity contribution in [3.63, 3.8) is 0 Å². The molecule has 0 bridgehead atoms. The van der Waals surface area contributed by atoms with E-state index in [0.717, 1.165) is 36.9 Å². The Balaban J connectivity index is 1.38. The molecule has 1 heterocycles. The molecule has 0 radical (unpaired) electrons. The fraction of sp³-hybridized carbons (Fsp3) is 0.308. The lowest BCUT2D eigenvalue weighted by molar-refractivity contribution is 0.273. The van der Waals surface area contributed by atoms with Crippen LogP contribution in [0.3, 0.4) is 0 Å². The van der Waals surface area contributed by atoms with Crippen LogP contribution in [-0.2, 0) is 19.3 Å². The molecule has 2 aromatic carbocycles. The van der Waals surface area contributed by atoms with Gasteiger partial charge in [0.2, 0.25) is 11.7 Å². The summed E-state index contributed by atoms with van der Waals surface area (Å²) in [6.45, 7) is 1.33. The molecule has 0 amide bonds. The van der Waals surface area contributed by atoms with Crippen molar-refractivity contribution in [2.45, 2.75) is 25.7 Å². The summed E-state index contributed by atoms with van der Waals surface area (Å²) in [5.74, 6) is 2.28. The monoisotopic (exact) mass is 461 g/mol. The average Bonchev–Trinajstić information content (AvgIpc) is 2.85. The highest BCUT2D eigenvalue weighted by Gasteiger charge is 2.16. The number of nitrogens with two attached hydrogens (primary N) is 2. The number of nitrogens with zero attached hydrogens (tertiary/aromatic N) is 2. The van der Waals surface area contributed by atoms with E-state index in [9.17, 15) is 0 Å². The first-order valence-corrected chi connectivity index (χ1v) is 11.3. The lowest BCUT2D eigenvalue weighted by Gasteiger charge is -2.18. The standard InChI is InChI=1S/C26H31N5O3/c1-32-22-14-17(13-19-16-30-26(28)31-25(19)27)15-23(33-2)24(22)34-12-6-11-29-21-10-5-8-18-7-3-4-9-20(18)21/h3-5,8,10,14-16,29H,6-7,9,11-13H2,1-2H3,(H4,27,28,30,31). The molecule has 1 aromatic heterocycles. The summed E-state index contributed by atoms with van der Waals surface area (Å²) in [6, 6.07) is 10.3. The molecule has 3 aromatic rings. The summed E-state index contributed by atoms with van der Waals surface area (Å²) in [6.07, 6.45) is 9.41. The number of hydrogen-bond acceptors (Lipinski definition) is 8. The SMILES string of the molecule is COc1cc(Cc2cnc(N)nc2N)cc(OC)c1OCCCNc1cccc2c1CC=CC2. The van der Waals surface area contributed by atoms with Crippen LogP contribution in [0.1, 0.15) is 28.7 Å². The highest BCUT2D eigenvalue weighted by molar-refractivity contribution is 5.57. The van der Waals surface area contributed by atoms with Crippen LogP contribution >= 0.6 is 0 Å². The fourth-order valence-electron chi connectivity index (χ4n) is 4.08. The van der Waals surface area contributed by atoms with Crippen LogP contribution in [0.15, 0.2) is 48.7 Å². The average molecular weight is 462 g/mol. The van der Waals surface area contributed by atoms with E-state index in [1.165, 1.54) is 16.8 Å². The number of nitrogens with one attached hydrogen (secondary N) is 1. The lowest BCUT2D eigenvalue weighted by Crippen LogP contribution is -2.11. The number of aromatic nitrogens is 2. The smallest absolute Gasteiger partial charge is 0.221 e. The number of allylic oxidation sites excluding steroid dienone is 2. The Morgan fingerprint density at radius 3 is 2.53 bits per heavy atom. The van der Waals surface area contributed by atoms with E-state index in [4.69, 9.17) is 25.7 Å². The molecule has 8 nitrogen and oxygen atoms in total. The number of ether oxygens (including phenoxy) is 3. The molecule has 0 spiro atoms. The van der Waals surface area contributed by atoms with Crippen molar-refractivity contribution in [1.29, 1.82) is 0 Å². The molecule has 5 N–H and O–H groups in total. The Kier molecular flexibility index (Phi) is 7.37. The Morgan fingerprint density at radius 1 is 1.03 bits per heavy atom. The van der Waals surface area contributed by atoms with Gasteiger partial charge in [-0.1, -0.05) is 24.3 Å². The zero-order valence-electron chi connectivity index (χ0n) is 19.6. The van der Waals surface area contributed by atoms with Gasteiger partial charge in [0.1, 0.15) is 5.82 Å². The molecular formula is C26H31N5O3. The van der Waals surface area contributed by atoms with E-state index in [2.05, 4.69) is 45.6 Å². The van der Waals surface area contributed by atoms with Gasteiger partial charge in [-0.2, -0.15) is 4.98 Å². The zero-order valence-corrected chi connectivity index (χ0v) is 19.6. The molecule has 1 aliphatic rings. The molecule has 0 unspecified atom stereocenters. The Bertz CT molecular complexity index is 1150. The van der Waals surface area contributed by atoms with Crippen molar-refractivity contribution in [2.75, 3.05) is 44.2 Å². The summed E-state index contributed by atoms with van der Waals surface area (Å²) in [7, 11) is 3.22. The molecule has 0 aliphatic heterocycles. The first-order valence-electron chi connectivity index (χ1n) is 11.3. The Morgan fingerprint density at radius 2 is 1.79 bits per heavy atom. The summed E-state index contributed by atoms with van der Waals surface area (Å²) >= 11 is 0. The van der Waals surface area contributed by atoms with Crippen LogP contribution < -0.4 is 31.0 Å². The van der Waals surface area contributed by atoms with Crippen LogP contribution in [0.4, 0.5) is 17.5 Å². The number of hydrogen-bond donors (Lipinski definition) is 3. The van der Waals surface area contributed by atoms with Gasteiger partial charge in [0.05, 0.1) is 20.8 Å². The van der Waals surface area contributed by atoms with Crippen LogP contribution in [0, 0.1) is 0 Å². The minimum absolute atomic E-state index is 0.152. The van der Waals surface area contributed by atoms with Gasteiger partial charge in [-0.15, -0.1) is 0 Å². The Labute approximate surface area is 200 Å². The number of benzene rings is 2. The maximum absolute atomic E-state index is 6.08. The van der Waals surface area contributed by atoms with E-state index in [1.54, 1.807) is 20.4 Å². The van der Waals surface area contributed by atoms with E-state index in [0.29, 0.717) is 36.1 Å². The van der Waals surface area contributed by atoms with E-state index >= 15 is 0 Å². The lowest BCUT2D eigenvalue weighted by atomic mass is 9.95. The minimum Gasteiger partial charge on any atom is -0.493 e. The second kappa shape index (κ2) is 10.8. The number of fused-ring (bicyclic) bond motifs is 1. The van der Waals surface area contributed by atoms with Crippen LogP contribution in [0.5, 0.6) is 17.2 Å². The molecular weight excluding hydrogens is 430 g/mol. The molecule has 0 atom stereocenters. The predicted octanol–water partition coefficient (Wildman–Crippen LogP) is 3.78. The second-order valence-electron chi connectivity index (χ2n) is 8.10. The minimum atomic E-state index is 0.152. The summed E-state index contributed by atoms with van der Waals surface area (Å²) in [5, 5.41) is 3.55. The number of nitrogen functional groups attached to an aromatic ring is 2. The van der Waals surface area contributed by atoms with Crippen molar-refractivity contribution in [1.82, 2.24) is 9.97 Å². The highest BCUT2D eigenvalue weighted by Crippen LogP contribution is 2.39. The molecule has 0 saturated heterocycles. The van der Waals surface area contributed by atoms with Gasteiger partial charge in [-0.25, -0.2) is 4.98 Å². The summed E-state index contributed by atoms with van der Waals surface area (Å²) in [4.78, 5) is 8.06. The molecule has 34 heavy (non-hydrogen) atoms. The Hall–Kier alpha value is -3.94. The van der Waals surface area contributed by atoms with E-state index in [-0.39, 0.29) is 5.95 Å². The highest BCUT2D eigenvalue weighted by atomic mass is 16.5.